The van der Waals surface area contributed by atoms with Crippen LogP contribution in [0.3, 0.4) is 0 Å². The van der Waals surface area contributed by atoms with Crippen LogP contribution in [-0.2, 0) is 19.5 Å². The molecule has 2 amide bonds. The molecule has 44 heavy (non-hydrogen) atoms. The average molecular weight is 617 g/mol. The summed E-state index contributed by atoms with van der Waals surface area (Å²) in [6, 6.07) is 21.6. The van der Waals surface area contributed by atoms with Crippen molar-refractivity contribution in [2.45, 2.75) is 45.5 Å². The number of rotatable bonds is 15. The number of benzene rings is 3. The zero-order valence-electron chi connectivity index (χ0n) is 25.6. The van der Waals surface area contributed by atoms with Crippen LogP contribution in [-0.4, -0.2) is 66.3 Å². The second-order valence-electron chi connectivity index (χ2n) is 10.5. The molecule has 0 spiro atoms. The number of nitrogens with zero attached hydrogens (tertiary/aromatic N) is 2. The number of carbonyl (C=O) groups is 2. The van der Waals surface area contributed by atoms with E-state index in [4.69, 9.17) is 9.47 Å². The summed E-state index contributed by atoms with van der Waals surface area (Å²) in [6.45, 7) is 5.45. The van der Waals surface area contributed by atoms with E-state index in [-0.39, 0.29) is 18.0 Å². The van der Waals surface area contributed by atoms with E-state index in [2.05, 4.69) is 15.6 Å². The van der Waals surface area contributed by atoms with Gasteiger partial charge in [0.2, 0.25) is 0 Å². The molecule has 0 aliphatic carbocycles. The Morgan fingerprint density at radius 1 is 0.955 bits per heavy atom. The molecule has 1 heterocycles. The Hall–Kier alpha value is -4.25. The lowest BCUT2D eigenvalue weighted by atomic mass is 10.00. The standard InChI is InChI=1S/C34H40N4O5S/c1-5-38(21-32-36-23(2)22-44-32)34(41)27-16-26(17-29(18-27)43-4)33(40)37-30(15-24-10-7-6-8-11-24)31(39)20-35-19-25-12-9-13-28(14-25)42-3/h6-14,16-18,22,30-31,35,39H,5,15,19-21H2,1-4H3,(H,37,40)/t30-,31+/m0/s1. The normalized spacial score (nSPS) is 12.3. The first kappa shape index (κ1) is 32.7. The molecule has 2 atom stereocenters. The number of thiazole rings is 1. The first-order valence-corrected chi connectivity index (χ1v) is 15.4. The Balaban J connectivity index is 1.50. The molecule has 3 N–H and O–H groups in total. The predicted octanol–water partition coefficient (Wildman–Crippen LogP) is 4.62. The number of ether oxygens (including phenoxy) is 2. The zero-order chi connectivity index (χ0) is 31.5. The van der Waals surface area contributed by atoms with Gasteiger partial charge in [0.05, 0.1) is 32.9 Å². The number of aromatic nitrogens is 1. The van der Waals surface area contributed by atoms with E-state index in [0.717, 1.165) is 27.6 Å². The molecule has 232 valence electrons. The fraction of sp³-hybridized carbons (Fsp3) is 0.324. The van der Waals surface area contributed by atoms with Crippen molar-refractivity contribution in [3.05, 3.63) is 111 Å². The summed E-state index contributed by atoms with van der Waals surface area (Å²) in [7, 11) is 3.12. The minimum atomic E-state index is -0.895. The quantitative estimate of drug-likeness (QED) is 0.179. The lowest BCUT2D eigenvalue weighted by Crippen LogP contribution is -2.48. The highest BCUT2D eigenvalue weighted by atomic mass is 32.1. The summed E-state index contributed by atoms with van der Waals surface area (Å²) in [4.78, 5) is 33.4. The lowest BCUT2D eigenvalue weighted by Gasteiger charge is -2.25. The van der Waals surface area contributed by atoms with Crippen molar-refractivity contribution < 1.29 is 24.2 Å². The first-order valence-electron chi connectivity index (χ1n) is 14.6. The molecule has 4 rings (SSSR count). The summed E-state index contributed by atoms with van der Waals surface area (Å²) in [6.07, 6.45) is -0.477. The van der Waals surface area contributed by atoms with E-state index >= 15 is 0 Å². The second-order valence-corrected chi connectivity index (χ2v) is 11.4. The molecule has 4 aromatic rings. The van der Waals surface area contributed by atoms with Gasteiger partial charge in [-0.2, -0.15) is 0 Å². The third-order valence-corrected chi connectivity index (χ3v) is 8.16. The smallest absolute Gasteiger partial charge is 0.254 e. The molecule has 9 nitrogen and oxygen atoms in total. The number of aliphatic hydroxyl groups is 1. The van der Waals surface area contributed by atoms with E-state index < -0.39 is 18.1 Å². The number of hydrogen-bond donors (Lipinski definition) is 3. The van der Waals surface area contributed by atoms with Gasteiger partial charge in [-0.3, -0.25) is 9.59 Å². The number of hydrogen-bond acceptors (Lipinski definition) is 8. The third kappa shape index (κ3) is 9.12. The van der Waals surface area contributed by atoms with Crippen molar-refractivity contribution in [1.29, 1.82) is 0 Å². The Morgan fingerprint density at radius 2 is 1.68 bits per heavy atom. The molecular formula is C34H40N4O5S. The molecular weight excluding hydrogens is 576 g/mol. The van der Waals surface area contributed by atoms with Crippen LogP contribution in [0.4, 0.5) is 0 Å². The van der Waals surface area contributed by atoms with Crippen LogP contribution in [0.2, 0.25) is 0 Å². The molecule has 0 bridgehead atoms. The van der Waals surface area contributed by atoms with E-state index in [1.54, 1.807) is 30.2 Å². The summed E-state index contributed by atoms with van der Waals surface area (Å²) in [5.74, 6) is 0.512. The maximum atomic E-state index is 13.6. The summed E-state index contributed by atoms with van der Waals surface area (Å²) in [5, 5.41) is 20.3. The maximum Gasteiger partial charge on any atom is 0.254 e. The minimum Gasteiger partial charge on any atom is -0.497 e. The van der Waals surface area contributed by atoms with Crippen molar-refractivity contribution in [2.75, 3.05) is 27.3 Å². The van der Waals surface area contributed by atoms with Gasteiger partial charge in [0.1, 0.15) is 16.5 Å². The molecule has 0 aliphatic heterocycles. The average Bonchev–Trinajstić information content (AvgIpc) is 3.47. The van der Waals surface area contributed by atoms with Gasteiger partial charge in [-0.1, -0.05) is 42.5 Å². The SMILES string of the molecule is CCN(Cc1nc(C)cs1)C(=O)c1cc(OC)cc(C(=O)N[C@@H](Cc2ccccc2)[C@H](O)CNCc2cccc(OC)c2)c1. The van der Waals surface area contributed by atoms with Gasteiger partial charge >= 0.3 is 0 Å². The second kappa shape index (κ2) is 16.0. The van der Waals surface area contributed by atoms with Crippen LogP contribution in [0.15, 0.2) is 78.2 Å². The van der Waals surface area contributed by atoms with Crippen molar-refractivity contribution in [1.82, 2.24) is 20.5 Å². The van der Waals surface area contributed by atoms with Crippen molar-refractivity contribution in [2.24, 2.45) is 0 Å². The molecule has 1 aromatic heterocycles. The van der Waals surface area contributed by atoms with Crippen molar-refractivity contribution in [3.63, 3.8) is 0 Å². The van der Waals surface area contributed by atoms with Gasteiger partial charge < -0.3 is 30.1 Å². The zero-order valence-corrected chi connectivity index (χ0v) is 26.4. The monoisotopic (exact) mass is 616 g/mol. The minimum absolute atomic E-state index is 0.226. The summed E-state index contributed by atoms with van der Waals surface area (Å²) >= 11 is 1.51. The molecule has 0 saturated carbocycles. The highest BCUT2D eigenvalue weighted by Gasteiger charge is 2.24. The van der Waals surface area contributed by atoms with Gasteiger partial charge in [-0.05, 0) is 61.7 Å². The number of aryl methyl sites for hydroxylation is 1. The topological polar surface area (TPSA) is 113 Å². The third-order valence-electron chi connectivity index (χ3n) is 7.21. The van der Waals surface area contributed by atoms with Crippen molar-refractivity contribution in [3.8, 4) is 11.5 Å². The van der Waals surface area contributed by atoms with Crippen molar-refractivity contribution >= 4 is 23.2 Å². The highest BCUT2D eigenvalue weighted by molar-refractivity contribution is 7.09. The first-order chi connectivity index (χ1) is 21.3. The summed E-state index contributed by atoms with van der Waals surface area (Å²) < 4.78 is 10.8. The number of aliphatic hydroxyl groups excluding tert-OH is 1. The number of nitrogens with one attached hydrogen (secondary N) is 2. The lowest BCUT2D eigenvalue weighted by molar-refractivity contribution is 0.0752. The number of carbonyl (C=O) groups excluding carboxylic acids is 2. The van der Waals surface area contributed by atoms with Crippen LogP contribution < -0.4 is 20.1 Å². The number of methoxy groups -OCH3 is 2. The molecule has 10 heteroatoms. The molecule has 0 saturated heterocycles. The highest BCUT2D eigenvalue weighted by Crippen LogP contribution is 2.21. The summed E-state index contributed by atoms with van der Waals surface area (Å²) in [5.41, 5.74) is 3.51. The fourth-order valence-electron chi connectivity index (χ4n) is 4.81. The van der Waals surface area contributed by atoms with Gasteiger partial charge in [0.25, 0.3) is 11.8 Å². The van der Waals surface area contributed by atoms with Gasteiger partial charge in [-0.15, -0.1) is 11.3 Å². The van der Waals surface area contributed by atoms with E-state index in [1.165, 1.54) is 18.4 Å². The van der Waals surface area contributed by atoms with E-state index in [0.29, 0.717) is 37.4 Å². The Kier molecular flexibility index (Phi) is 11.9. The molecule has 0 unspecified atom stereocenters. The Bertz CT molecular complexity index is 1530. The number of amides is 2. The fourth-order valence-corrected chi connectivity index (χ4v) is 5.60. The molecule has 3 aromatic carbocycles. The predicted molar refractivity (Wildman–Crippen MR) is 172 cm³/mol. The Labute approximate surface area is 262 Å². The molecule has 0 radical (unpaired) electrons. The van der Waals surface area contributed by atoms with E-state index in [1.807, 2.05) is 73.8 Å². The van der Waals surface area contributed by atoms with Gasteiger partial charge in [0, 0.05) is 41.8 Å². The van der Waals surface area contributed by atoms with Crippen LogP contribution in [0.1, 0.15) is 49.5 Å². The van der Waals surface area contributed by atoms with Gasteiger partial charge in [-0.25, -0.2) is 4.98 Å². The maximum absolute atomic E-state index is 13.6. The molecule has 0 aliphatic rings. The van der Waals surface area contributed by atoms with Crippen LogP contribution in [0, 0.1) is 6.92 Å². The van der Waals surface area contributed by atoms with Crippen LogP contribution in [0.5, 0.6) is 11.5 Å². The Morgan fingerprint density at radius 3 is 2.36 bits per heavy atom. The van der Waals surface area contributed by atoms with Gasteiger partial charge in [0.15, 0.2) is 0 Å². The largest absolute Gasteiger partial charge is 0.497 e. The van der Waals surface area contributed by atoms with Crippen LogP contribution >= 0.6 is 11.3 Å². The molecule has 0 fully saturated rings. The van der Waals surface area contributed by atoms with Crippen LogP contribution in [0.25, 0.3) is 0 Å². The van der Waals surface area contributed by atoms with E-state index in [9.17, 15) is 14.7 Å².